The van der Waals surface area contributed by atoms with Crippen LogP contribution >= 0.6 is 11.8 Å². The maximum absolute atomic E-state index is 12.2. The molecule has 2 aromatic heterocycles. The van der Waals surface area contributed by atoms with Gasteiger partial charge in [0.2, 0.25) is 17.7 Å². The Bertz CT molecular complexity index is 1210. The molecule has 1 amide bonds. The van der Waals surface area contributed by atoms with Crippen molar-refractivity contribution >= 4 is 23.4 Å². The molecule has 0 atom stereocenters. The molecule has 164 valence electrons. The van der Waals surface area contributed by atoms with Gasteiger partial charge in [-0.3, -0.25) is 4.79 Å². The number of carbonyl (C=O) groups excluding carboxylic acids is 1. The lowest BCUT2D eigenvalue weighted by Crippen LogP contribution is -2.12. The van der Waals surface area contributed by atoms with Crippen LogP contribution in [-0.2, 0) is 17.0 Å². The van der Waals surface area contributed by atoms with E-state index in [1.54, 1.807) is 0 Å². The molecule has 0 spiro atoms. The van der Waals surface area contributed by atoms with Gasteiger partial charge in [-0.1, -0.05) is 40.7 Å². The van der Waals surface area contributed by atoms with Gasteiger partial charge >= 0.3 is 0 Å². The number of hydrogen-bond donors (Lipinski definition) is 1. The summed E-state index contributed by atoms with van der Waals surface area (Å²) >= 11 is 1.33. The van der Waals surface area contributed by atoms with E-state index >= 15 is 0 Å². The van der Waals surface area contributed by atoms with Crippen LogP contribution in [0.25, 0.3) is 11.5 Å². The average Bonchev–Trinajstić information content (AvgIpc) is 3.39. The number of amides is 1. The molecule has 32 heavy (non-hydrogen) atoms. The first-order chi connectivity index (χ1) is 15.4. The maximum atomic E-state index is 12.2. The highest BCUT2D eigenvalue weighted by molar-refractivity contribution is 7.98. The Hall–Kier alpha value is -3.46. The second kappa shape index (κ2) is 9.78. The number of hydrogen-bond acceptors (Lipinski definition) is 8. The Morgan fingerprint density at radius 2 is 1.84 bits per heavy atom. The molecule has 0 unspecified atom stereocenters. The van der Waals surface area contributed by atoms with E-state index < -0.39 is 0 Å². The summed E-state index contributed by atoms with van der Waals surface area (Å²) in [5.74, 6) is 1.73. The minimum absolute atomic E-state index is 0.0985. The molecule has 4 aromatic rings. The molecule has 0 saturated heterocycles. The third kappa shape index (κ3) is 5.82. The summed E-state index contributed by atoms with van der Waals surface area (Å²) in [7, 11) is 0. The van der Waals surface area contributed by atoms with Crippen LogP contribution in [0.3, 0.4) is 0 Å². The van der Waals surface area contributed by atoms with E-state index in [9.17, 15) is 4.79 Å². The summed E-state index contributed by atoms with van der Waals surface area (Å²) in [6.45, 7) is 6.01. The fourth-order valence-electron chi connectivity index (χ4n) is 3.23. The Balaban J connectivity index is 1.26. The number of aromatic nitrogens is 4. The van der Waals surface area contributed by atoms with E-state index in [1.807, 2.05) is 57.2 Å². The van der Waals surface area contributed by atoms with Crippen LogP contribution < -0.4 is 5.32 Å². The lowest BCUT2D eigenvalue weighted by molar-refractivity contribution is -0.116. The van der Waals surface area contributed by atoms with Crippen molar-refractivity contribution in [1.82, 2.24) is 20.3 Å². The van der Waals surface area contributed by atoms with E-state index in [0.29, 0.717) is 35.0 Å². The summed E-state index contributed by atoms with van der Waals surface area (Å²) in [5.41, 5.74) is 5.00. The molecule has 0 aliphatic rings. The fourth-order valence-corrected chi connectivity index (χ4v) is 3.84. The molecular weight excluding hydrogens is 426 g/mol. The van der Waals surface area contributed by atoms with Gasteiger partial charge in [0.05, 0.1) is 5.75 Å². The molecule has 1 N–H and O–H groups in total. The van der Waals surface area contributed by atoms with Crippen molar-refractivity contribution < 1.29 is 13.7 Å². The Kier molecular flexibility index (Phi) is 6.65. The number of thioether (sulfide) groups is 1. The number of nitrogens with one attached hydrogen (secondary N) is 1. The Morgan fingerprint density at radius 1 is 1.03 bits per heavy atom. The van der Waals surface area contributed by atoms with Crippen molar-refractivity contribution in [2.75, 3.05) is 5.32 Å². The second-order valence-electron chi connectivity index (χ2n) is 7.56. The van der Waals surface area contributed by atoms with Gasteiger partial charge in [-0.15, -0.1) is 10.2 Å². The molecule has 2 aromatic carbocycles. The van der Waals surface area contributed by atoms with Crippen LogP contribution in [0.1, 0.15) is 34.8 Å². The van der Waals surface area contributed by atoms with E-state index in [0.717, 1.165) is 27.9 Å². The highest BCUT2D eigenvalue weighted by Gasteiger charge is 2.13. The number of rotatable bonds is 8. The van der Waals surface area contributed by atoms with Crippen molar-refractivity contribution in [3.8, 4) is 11.5 Å². The predicted molar refractivity (Wildman–Crippen MR) is 121 cm³/mol. The van der Waals surface area contributed by atoms with Crippen molar-refractivity contribution in [3.63, 3.8) is 0 Å². The smallest absolute Gasteiger partial charge is 0.277 e. The van der Waals surface area contributed by atoms with Gasteiger partial charge in [-0.05, 0) is 56.2 Å². The molecule has 0 radical (unpaired) electrons. The zero-order valence-electron chi connectivity index (χ0n) is 18.1. The SMILES string of the molecule is Cc1cc(C)cc(NC(=O)CCc2nc(CSc3nnc(-c4cccc(C)c4)o3)no2)c1. The molecule has 9 heteroatoms. The quantitative estimate of drug-likeness (QED) is 0.378. The maximum Gasteiger partial charge on any atom is 0.277 e. The minimum Gasteiger partial charge on any atom is -0.411 e. The monoisotopic (exact) mass is 449 g/mol. The molecular formula is C23H23N5O3S. The third-order valence-corrected chi connectivity index (χ3v) is 5.39. The van der Waals surface area contributed by atoms with Crippen LogP contribution in [0.2, 0.25) is 0 Å². The molecule has 4 rings (SSSR count). The molecule has 0 saturated carbocycles. The molecule has 8 nitrogen and oxygen atoms in total. The number of carbonyl (C=O) groups is 1. The summed E-state index contributed by atoms with van der Waals surface area (Å²) in [4.78, 5) is 16.6. The highest BCUT2D eigenvalue weighted by atomic mass is 32.2. The number of anilines is 1. The molecule has 2 heterocycles. The summed E-state index contributed by atoms with van der Waals surface area (Å²) in [6, 6.07) is 13.8. The molecule has 0 fully saturated rings. The largest absolute Gasteiger partial charge is 0.411 e. The molecule has 0 bridgehead atoms. The minimum atomic E-state index is -0.0985. The second-order valence-corrected chi connectivity index (χ2v) is 8.49. The van der Waals surface area contributed by atoms with Crippen molar-refractivity contribution in [3.05, 3.63) is 70.9 Å². The summed E-state index contributed by atoms with van der Waals surface area (Å²) < 4.78 is 11.0. The van der Waals surface area contributed by atoms with Crippen LogP contribution in [-0.4, -0.2) is 26.2 Å². The van der Waals surface area contributed by atoms with Crippen LogP contribution in [0.4, 0.5) is 5.69 Å². The van der Waals surface area contributed by atoms with Crippen molar-refractivity contribution in [1.29, 1.82) is 0 Å². The summed E-state index contributed by atoms with van der Waals surface area (Å²) in [5, 5.41) is 15.5. The fraction of sp³-hybridized carbons (Fsp3) is 0.261. The molecule has 0 aliphatic carbocycles. The first-order valence-corrected chi connectivity index (χ1v) is 11.2. The lowest BCUT2D eigenvalue weighted by Gasteiger charge is -2.06. The van der Waals surface area contributed by atoms with Gasteiger partial charge in [0, 0.05) is 24.1 Å². The van der Waals surface area contributed by atoms with Crippen molar-refractivity contribution in [2.24, 2.45) is 0 Å². The van der Waals surface area contributed by atoms with Crippen LogP contribution in [0, 0.1) is 20.8 Å². The summed E-state index contributed by atoms with van der Waals surface area (Å²) in [6.07, 6.45) is 0.623. The Morgan fingerprint density at radius 3 is 2.62 bits per heavy atom. The Labute approximate surface area is 189 Å². The third-order valence-electron chi connectivity index (χ3n) is 4.58. The van der Waals surface area contributed by atoms with Gasteiger partial charge < -0.3 is 14.3 Å². The first-order valence-electron chi connectivity index (χ1n) is 10.2. The first kappa shape index (κ1) is 21.8. The van der Waals surface area contributed by atoms with Gasteiger partial charge in [-0.25, -0.2) is 0 Å². The topological polar surface area (TPSA) is 107 Å². The van der Waals surface area contributed by atoms with E-state index in [4.69, 9.17) is 8.94 Å². The number of nitrogens with zero attached hydrogens (tertiary/aromatic N) is 4. The van der Waals surface area contributed by atoms with Gasteiger partial charge in [0.15, 0.2) is 5.82 Å². The normalized spacial score (nSPS) is 11.0. The van der Waals surface area contributed by atoms with Gasteiger partial charge in [0.25, 0.3) is 5.22 Å². The van der Waals surface area contributed by atoms with Gasteiger partial charge in [-0.2, -0.15) is 4.98 Å². The zero-order chi connectivity index (χ0) is 22.5. The highest BCUT2D eigenvalue weighted by Crippen LogP contribution is 2.25. The predicted octanol–water partition coefficient (Wildman–Crippen LogP) is 4.91. The number of benzene rings is 2. The average molecular weight is 450 g/mol. The van der Waals surface area contributed by atoms with E-state index in [2.05, 4.69) is 31.7 Å². The molecule has 0 aliphatic heterocycles. The van der Waals surface area contributed by atoms with Gasteiger partial charge in [0.1, 0.15) is 0 Å². The van der Waals surface area contributed by atoms with Crippen LogP contribution in [0.15, 0.2) is 56.6 Å². The van der Waals surface area contributed by atoms with E-state index in [-0.39, 0.29) is 12.3 Å². The van der Waals surface area contributed by atoms with Crippen molar-refractivity contribution in [2.45, 2.75) is 44.6 Å². The zero-order valence-corrected chi connectivity index (χ0v) is 18.9. The van der Waals surface area contributed by atoms with Crippen LogP contribution in [0.5, 0.6) is 0 Å². The lowest BCUT2D eigenvalue weighted by atomic mass is 10.1. The standard InChI is InChI=1S/C23H23N5O3S/c1-14-5-4-6-17(10-14)22-26-27-23(30-22)32-13-19-25-21(31-28-19)8-7-20(29)24-18-11-15(2)9-16(3)12-18/h4-6,9-12H,7-8,13H2,1-3H3,(H,24,29). The van der Waals surface area contributed by atoms with E-state index in [1.165, 1.54) is 11.8 Å². The number of aryl methyl sites for hydroxylation is 4.